The average molecular weight is 676 g/mol. The van der Waals surface area contributed by atoms with E-state index in [0.29, 0.717) is 27.9 Å². The molecule has 1 aromatic heterocycles. The molecule has 0 saturated heterocycles. The largest absolute Gasteiger partial charge is 0.495 e. The second kappa shape index (κ2) is 12.1. The van der Waals surface area contributed by atoms with Crippen LogP contribution in [0.2, 0.25) is 0 Å². The lowest BCUT2D eigenvalue weighted by Crippen LogP contribution is -2.26. The Bertz CT molecular complexity index is 2490. The average Bonchev–Trinajstić information content (AvgIpc) is 3.48. The first-order valence-corrected chi connectivity index (χ1v) is 18.4. The number of hydrogen-bond acceptors (Lipinski definition) is 4. The van der Waals surface area contributed by atoms with Gasteiger partial charge in [-0.3, -0.25) is 4.57 Å². The van der Waals surface area contributed by atoms with Crippen molar-refractivity contribution < 1.29 is 18.6 Å². The Labute approximate surface area is 292 Å². The topological polar surface area (TPSA) is 49.7 Å². The molecule has 1 aliphatic heterocycles. The number of hydrogen-bond donors (Lipinski definition) is 0. The minimum Gasteiger partial charge on any atom is -0.495 e. The molecule has 0 amide bonds. The van der Waals surface area contributed by atoms with E-state index in [-0.39, 0.29) is 5.41 Å². The highest BCUT2D eigenvalue weighted by molar-refractivity contribution is 7.75. The van der Waals surface area contributed by atoms with Crippen LogP contribution in [-0.2, 0) is 9.98 Å². The number of aromatic nitrogens is 1. The SMILES string of the molecule is COc1c(P2(=O)Oc3ccccc3-c3ccccc32)cc(OC)c2c1c1cc(/C=C/c3ccc(C(C)(C)C)cc3)ccc1n2-c1ccccc1. The van der Waals surface area contributed by atoms with E-state index < -0.39 is 7.37 Å². The first-order valence-electron chi connectivity index (χ1n) is 16.8. The van der Waals surface area contributed by atoms with Gasteiger partial charge in [0.1, 0.15) is 22.8 Å². The van der Waals surface area contributed by atoms with Gasteiger partial charge in [-0.25, -0.2) is 0 Å². The van der Waals surface area contributed by atoms with Crippen molar-refractivity contribution in [3.63, 3.8) is 0 Å². The molecule has 7 aromatic rings. The van der Waals surface area contributed by atoms with E-state index in [2.05, 4.69) is 92.1 Å². The molecule has 6 heteroatoms. The van der Waals surface area contributed by atoms with Crippen LogP contribution in [0.1, 0.15) is 37.5 Å². The van der Waals surface area contributed by atoms with Gasteiger partial charge in [0.15, 0.2) is 0 Å². The zero-order valence-corrected chi connectivity index (χ0v) is 29.7. The van der Waals surface area contributed by atoms with Gasteiger partial charge in [-0.15, -0.1) is 0 Å². The molecule has 0 fully saturated rings. The lowest BCUT2D eigenvalue weighted by Gasteiger charge is -2.30. The van der Waals surface area contributed by atoms with E-state index in [1.807, 2.05) is 72.8 Å². The second-order valence-corrected chi connectivity index (χ2v) is 15.9. The normalized spacial score (nSPS) is 15.5. The fraction of sp³-hybridized carbons (Fsp3) is 0.136. The summed E-state index contributed by atoms with van der Waals surface area (Å²) in [7, 11) is -0.449. The van der Waals surface area contributed by atoms with Crippen LogP contribution >= 0.6 is 7.37 Å². The Morgan fingerprint density at radius 2 is 1.34 bits per heavy atom. The van der Waals surface area contributed by atoms with E-state index in [4.69, 9.17) is 14.0 Å². The fourth-order valence-electron chi connectivity index (χ4n) is 7.07. The minimum atomic E-state index is -3.74. The highest BCUT2D eigenvalue weighted by Crippen LogP contribution is 2.57. The van der Waals surface area contributed by atoms with Crippen LogP contribution in [0.5, 0.6) is 17.2 Å². The quantitative estimate of drug-likeness (QED) is 0.130. The summed E-state index contributed by atoms with van der Waals surface area (Å²) in [6.07, 6.45) is 4.26. The third-order valence-electron chi connectivity index (χ3n) is 9.58. The van der Waals surface area contributed by atoms with Crippen molar-refractivity contribution in [2.75, 3.05) is 14.2 Å². The molecule has 0 spiro atoms. The molecule has 0 saturated carbocycles. The number of fused-ring (bicyclic) bond motifs is 6. The summed E-state index contributed by atoms with van der Waals surface area (Å²) in [5, 5.41) is 2.84. The van der Waals surface area contributed by atoms with Gasteiger partial charge < -0.3 is 18.6 Å². The summed E-state index contributed by atoms with van der Waals surface area (Å²) >= 11 is 0. The molecular weight excluding hydrogens is 637 g/mol. The van der Waals surface area contributed by atoms with Crippen molar-refractivity contribution in [3.8, 4) is 34.1 Å². The summed E-state index contributed by atoms with van der Waals surface area (Å²) in [6, 6.07) is 42.7. The molecule has 2 heterocycles. The van der Waals surface area contributed by atoms with Gasteiger partial charge in [0.05, 0.1) is 35.7 Å². The van der Waals surface area contributed by atoms with Crippen molar-refractivity contribution in [3.05, 3.63) is 144 Å². The Kier molecular flexibility index (Phi) is 7.69. The third-order valence-corrected chi connectivity index (χ3v) is 12.0. The van der Waals surface area contributed by atoms with Crippen molar-refractivity contribution >= 4 is 51.9 Å². The van der Waals surface area contributed by atoms with Gasteiger partial charge in [-0.05, 0) is 64.1 Å². The molecular formula is C44H38NO4P. The smallest absolute Gasteiger partial charge is 0.311 e. The van der Waals surface area contributed by atoms with Crippen molar-refractivity contribution in [2.24, 2.45) is 0 Å². The summed E-state index contributed by atoms with van der Waals surface area (Å²) in [5.41, 5.74) is 8.11. The van der Waals surface area contributed by atoms with Crippen molar-refractivity contribution in [1.82, 2.24) is 4.57 Å². The molecule has 5 nitrogen and oxygen atoms in total. The van der Waals surface area contributed by atoms with Crippen LogP contribution in [-0.4, -0.2) is 18.8 Å². The lowest BCUT2D eigenvalue weighted by atomic mass is 9.87. The summed E-state index contributed by atoms with van der Waals surface area (Å²) in [6.45, 7) is 6.67. The lowest BCUT2D eigenvalue weighted by molar-refractivity contribution is 0.411. The van der Waals surface area contributed by atoms with Gasteiger partial charge in [0.25, 0.3) is 0 Å². The number of rotatable bonds is 6. The molecule has 6 aromatic carbocycles. The standard InChI is InChI=1S/C44H38NO4P/c1-44(2,3)31-24-21-29(22-25-31)19-20-30-23-26-36-35(27-30)41-42(45(36)32-13-7-6-8-14-32)38(47-4)28-40(43(41)48-5)50(46)39-18-12-10-16-34(39)33-15-9-11-17-37(33)49-50/h6-28H,1-5H3/b20-19+. The predicted octanol–water partition coefficient (Wildman–Crippen LogP) is 10.6. The summed E-state index contributed by atoms with van der Waals surface area (Å²) in [4.78, 5) is 0. The molecule has 248 valence electrons. The van der Waals surface area contributed by atoms with Gasteiger partial charge in [0.2, 0.25) is 0 Å². The maximum Gasteiger partial charge on any atom is 0.311 e. The number of para-hydroxylation sites is 2. The Balaban J connectivity index is 1.39. The first-order chi connectivity index (χ1) is 24.2. The molecule has 50 heavy (non-hydrogen) atoms. The maximum atomic E-state index is 15.6. The Morgan fingerprint density at radius 1 is 0.680 bits per heavy atom. The van der Waals surface area contributed by atoms with Gasteiger partial charge in [-0.1, -0.05) is 118 Å². The van der Waals surface area contributed by atoms with Crippen LogP contribution in [0.3, 0.4) is 0 Å². The van der Waals surface area contributed by atoms with E-state index in [1.165, 1.54) is 5.56 Å². The number of methoxy groups -OCH3 is 2. The minimum absolute atomic E-state index is 0.0955. The molecule has 8 rings (SSSR count). The van der Waals surface area contributed by atoms with Crippen molar-refractivity contribution in [1.29, 1.82) is 0 Å². The third kappa shape index (κ3) is 5.12. The molecule has 0 radical (unpaired) electrons. The number of benzene rings is 6. The second-order valence-electron chi connectivity index (χ2n) is 13.7. The first kappa shape index (κ1) is 31.7. The summed E-state index contributed by atoms with van der Waals surface area (Å²) < 4.78 is 36.8. The van der Waals surface area contributed by atoms with E-state index in [0.717, 1.165) is 49.7 Å². The fourth-order valence-corrected chi connectivity index (χ4v) is 9.51. The predicted molar refractivity (Wildman–Crippen MR) is 207 cm³/mol. The van der Waals surface area contributed by atoms with Gasteiger partial charge >= 0.3 is 7.37 Å². The van der Waals surface area contributed by atoms with Crippen LogP contribution in [0, 0.1) is 0 Å². The number of nitrogens with zero attached hydrogens (tertiary/aromatic N) is 1. The molecule has 0 N–H and O–H groups in total. The molecule has 1 unspecified atom stereocenters. The molecule has 0 bridgehead atoms. The van der Waals surface area contributed by atoms with Crippen LogP contribution in [0.15, 0.2) is 127 Å². The Morgan fingerprint density at radius 3 is 2.06 bits per heavy atom. The highest BCUT2D eigenvalue weighted by atomic mass is 31.2. The zero-order valence-electron chi connectivity index (χ0n) is 28.8. The zero-order chi connectivity index (χ0) is 34.6. The van der Waals surface area contributed by atoms with Gasteiger partial charge in [0, 0.05) is 22.7 Å². The highest BCUT2D eigenvalue weighted by Gasteiger charge is 2.42. The van der Waals surface area contributed by atoms with Crippen LogP contribution in [0.4, 0.5) is 0 Å². The molecule has 1 atom stereocenters. The van der Waals surface area contributed by atoms with Crippen LogP contribution < -0.4 is 24.6 Å². The van der Waals surface area contributed by atoms with E-state index >= 15 is 4.57 Å². The van der Waals surface area contributed by atoms with Crippen LogP contribution in [0.25, 0.3) is 50.8 Å². The molecule has 0 aliphatic carbocycles. The maximum absolute atomic E-state index is 15.6. The van der Waals surface area contributed by atoms with E-state index in [1.54, 1.807) is 14.2 Å². The monoisotopic (exact) mass is 675 g/mol. The van der Waals surface area contributed by atoms with E-state index in [9.17, 15) is 0 Å². The Hall–Kier alpha value is -5.51. The summed E-state index contributed by atoms with van der Waals surface area (Å²) in [5.74, 6) is 1.64. The molecule has 1 aliphatic rings. The number of ether oxygens (including phenoxy) is 2. The van der Waals surface area contributed by atoms with Crippen molar-refractivity contribution in [2.45, 2.75) is 26.2 Å². The van der Waals surface area contributed by atoms with Gasteiger partial charge in [-0.2, -0.15) is 0 Å².